The highest BCUT2D eigenvalue weighted by atomic mass is 16.2. The van der Waals surface area contributed by atoms with Crippen molar-refractivity contribution in [1.82, 2.24) is 41.1 Å². The lowest BCUT2D eigenvalue weighted by Gasteiger charge is -2.31. The van der Waals surface area contributed by atoms with Gasteiger partial charge in [-0.25, -0.2) is 4.98 Å². The molecule has 0 aliphatic carbocycles. The van der Waals surface area contributed by atoms with Crippen molar-refractivity contribution in [1.29, 1.82) is 5.41 Å². The molecule has 0 radical (unpaired) electrons. The molecule has 0 spiro atoms. The summed E-state index contributed by atoms with van der Waals surface area (Å²) < 4.78 is 0. The van der Waals surface area contributed by atoms with E-state index in [1.165, 1.54) is 6.92 Å². The molecule has 1 aliphatic heterocycles. The molecule has 4 aromatic rings. The molecule has 1 saturated heterocycles. The second-order valence-corrected chi connectivity index (χ2v) is 12.4. The number of carbonyl (C=O) groups is 3. The van der Waals surface area contributed by atoms with Gasteiger partial charge < -0.3 is 41.9 Å². The van der Waals surface area contributed by atoms with E-state index in [2.05, 4.69) is 42.3 Å². The van der Waals surface area contributed by atoms with Crippen molar-refractivity contribution in [3.63, 3.8) is 0 Å². The molecule has 1 aliphatic rings. The van der Waals surface area contributed by atoms with E-state index in [4.69, 9.17) is 11.1 Å². The number of benzene rings is 2. The summed E-state index contributed by atoms with van der Waals surface area (Å²) in [7, 11) is 0. The molecule has 3 amide bonds. The van der Waals surface area contributed by atoms with E-state index in [1.807, 2.05) is 59.6 Å². The minimum atomic E-state index is -0.822. The van der Waals surface area contributed by atoms with E-state index in [1.54, 1.807) is 12.5 Å². The number of nitrogens with two attached hydrogens (primary N) is 1. The number of carbonyl (C=O) groups excluding carboxylic acids is 3. The van der Waals surface area contributed by atoms with Gasteiger partial charge in [0, 0.05) is 68.4 Å². The molecular formula is C35H46N10O3. The number of para-hydroxylation sites is 1. The summed E-state index contributed by atoms with van der Waals surface area (Å²) in [4.78, 5) is 52.4. The molecule has 254 valence electrons. The Hall–Kier alpha value is -5.17. The van der Waals surface area contributed by atoms with Crippen LogP contribution in [0.5, 0.6) is 0 Å². The quantitative estimate of drug-likeness (QED) is 0.0543. The minimum Gasteiger partial charge on any atom is -0.370 e. The van der Waals surface area contributed by atoms with Gasteiger partial charge in [0.15, 0.2) is 5.96 Å². The van der Waals surface area contributed by atoms with Crippen LogP contribution in [0.3, 0.4) is 0 Å². The smallest absolute Gasteiger partial charge is 0.243 e. The molecule has 4 atom stereocenters. The highest BCUT2D eigenvalue weighted by Gasteiger charge is 2.35. The van der Waals surface area contributed by atoms with Crippen LogP contribution in [-0.2, 0) is 33.6 Å². The molecule has 13 nitrogen and oxygen atoms in total. The van der Waals surface area contributed by atoms with Gasteiger partial charge in [0.25, 0.3) is 0 Å². The number of fused-ring (bicyclic) bond motifs is 1. The fourth-order valence-corrected chi connectivity index (χ4v) is 6.42. The Bertz CT molecular complexity index is 1660. The highest BCUT2D eigenvalue weighted by Crippen LogP contribution is 2.21. The Labute approximate surface area is 280 Å². The molecule has 1 fully saturated rings. The average molecular weight is 655 g/mol. The van der Waals surface area contributed by atoms with Crippen LogP contribution in [0.4, 0.5) is 0 Å². The number of H-pyrrole nitrogens is 2. The Kier molecular flexibility index (Phi) is 11.8. The van der Waals surface area contributed by atoms with Crippen LogP contribution >= 0.6 is 0 Å². The summed E-state index contributed by atoms with van der Waals surface area (Å²) in [5, 5.41) is 21.1. The first kappa shape index (κ1) is 34.2. The zero-order chi connectivity index (χ0) is 33.9. The SMILES string of the molecule is CC(=O)N[C@@H](Cc1c[nH]cn1)C(=O)N[C@H](Cc1ccccc1)[C@@H]1CCN(CCc2c[nH]c3ccccc23)C(=O)[C@H](CCCNC(=N)N)N1. The van der Waals surface area contributed by atoms with Crippen molar-refractivity contribution < 1.29 is 14.4 Å². The number of nitrogens with zero attached hydrogens (tertiary/aromatic N) is 2. The number of aromatic amines is 2. The van der Waals surface area contributed by atoms with Gasteiger partial charge in [-0.1, -0.05) is 48.5 Å². The van der Waals surface area contributed by atoms with Crippen LogP contribution in [0.25, 0.3) is 10.9 Å². The van der Waals surface area contributed by atoms with E-state index >= 15 is 0 Å². The summed E-state index contributed by atoms with van der Waals surface area (Å²) in [5.74, 6) is -0.722. The van der Waals surface area contributed by atoms with Crippen molar-refractivity contribution in [2.24, 2.45) is 5.73 Å². The van der Waals surface area contributed by atoms with Gasteiger partial charge in [0.2, 0.25) is 17.7 Å². The van der Waals surface area contributed by atoms with Crippen LogP contribution in [-0.4, -0.2) is 87.3 Å². The Morgan fingerprint density at radius 2 is 1.88 bits per heavy atom. The van der Waals surface area contributed by atoms with Crippen LogP contribution in [0.2, 0.25) is 0 Å². The fourth-order valence-electron chi connectivity index (χ4n) is 6.42. The normalized spacial score (nSPS) is 17.8. The zero-order valence-electron chi connectivity index (χ0n) is 27.3. The van der Waals surface area contributed by atoms with E-state index in [-0.39, 0.29) is 42.2 Å². The van der Waals surface area contributed by atoms with Gasteiger partial charge >= 0.3 is 0 Å². The minimum absolute atomic E-state index is 0.0135. The summed E-state index contributed by atoms with van der Waals surface area (Å²) in [6, 6.07) is 16.1. The number of hydrogen-bond acceptors (Lipinski definition) is 6. The van der Waals surface area contributed by atoms with E-state index in [0.717, 1.165) is 22.0 Å². The maximum atomic E-state index is 14.1. The first-order valence-electron chi connectivity index (χ1n) is 16.5. The third-order valence-corrected chi connectivity index (χ3v) is 8.82. The van der Waals surface area contributed by atoms with Crippen molar-refractivity contribution in [2.75, 3.05) is 19.6 Å². The molecule has 0 saturated carbocycles. The molecule has 5 rings (SSSR count). The fraction of sp³-hybridized carbons (Fsp3) is 0.400. The van der Waals surface area contributed by atoms with Crippen molar-refractivity contribution >= 4 is 34.6 Å². The average Bonchev–Trinajstić information content (AvgIpc) is 3.71. The molecule has 0 unspecified atom stereocenters. The van der Waals surface area contributed by atoms with Gasteiger partial charge in [-0.15, -0.1) is 0 Å². The molecule has 48 heavy (non-hydrogen) atoms. The third kappa shape index (κ3) is 9.44. The standard InChI is InChI=1S/C35H46N10O3/c1-23(46)42-32(19-26-21-38-22-41-26)33(47)44-31(18-24-8-3-2-4-9-24)29-14-17-45(34(48)30(43-29)12-7-15-39-35(36)37)16-13-25-20-40-28-11-6-5-10-27(25)28/h2-6,8-11,20-22,29-32,40,43H,7,12-19H2,1H3,(H,38,41)(H,42,46)(H,44,47)(H4,36,37,39)/t29-,30-,31+,32-/m0/s1. The van der Waals surface area contributed by atoms with Crippen LogP contribution in [0.1, 0.15) is 43.0 Å². The Balaban J connectivity index is 1.37. The molecule has 0 bridgehead atoms. The molecule has 2 aromatic carbocycles. The number of imidazole rings is 1. The maximum absolute atomic E-state index is 14.1. The molecule has 13 heteroatoms. The van der Waals surface area contributed by atoms with Crippen molar-refractivity contribution in [3.05, 3.63) is 90.1 Å². The molecule has 9 N–H and O–H groups in total. The van der Waals surface area contributed by atoms with Crippen molar-refractivity contribution in [2.45, 2.75) is 69.6 Å². The van der Waals surface area contributed by atoms with Gasteiger partial charge in [-0.2, -0.15) is 0 Å². The summed E-state index contributed by atoms with van der Waals surface area (Å²) in [6.07, 6.45) is 8.49. The number of amides is 3. The van der Waals surface area contributed by atoms with E-state index in [9.17, 15) is 14.4 Å². The van der Waals surface area contributed by atoms with E-state index < -0.39 is 12.1 Å². The molecular weight excluding hydrogens is 608 g/mol. The second kappa shape index (κ2) is 16.6. The van der Waals surface area contributed by atoms with Gasteiger partial charge in [0.05, 0.1) is 18.1 Å². The predicted molar refractivity (Wildman–Crippen MR) is 185 cm³/mol. The number of guanidine groups is 1. The highest BCUT2D eigenvalue weighted by molar-refractivity contribution is 5.87. The summed E-state index contributed by atoms with van der Waals surface area (Å²) >= 11 is 0. The Morgan fingerprint density at radius 3 is 2.62 bits per heavy atom. The van der Waals surface area contributed by atoms with Crippen molar-refractivity contribution in [3.8, 4) is 0 Å². The summed E-state index contributed by atoms with van der Waals surface area (Å²) in [5.41, 5.74) is 9.42. The van der Waals surface area contributed by atoms with Crippen LogP contribution < -0.4 is 27.0 Å². The van der Waals surface area contributed by atoms with E-state index in [0.29, 0.717) is 57.4 Å². The number of aromatic nitrogens is 3. The van der Waals surface area contributed by atoms with Gasteiger partial charge in [0.1, 0.15) is 6.04 Å². The first-order valence-corrected chi connectivity index (χ1v) is 16.5. The molecule has 2 aromatic heterocycles. The zero-order valence-corrected chi connectivity index (χ0v) is 27.3. The van der Waals surface area contributed by atoms with Gasteiger partial charge in [-0.3, -0.25) is 19.8 Å². The monoisotopic (exact) mass is 654 g/mol. The van der Waals surface area contributed by atoms with Gasteiger partial charge in [-0.05, 0) is 49.3 Å². The maximum Gasteiger partial charge on any atom is 0.243 e. The second-order valence-electron chi connectivity index (χ2n) is 12.4. The number of hydrogen-bond donors (Lipinski definition) is 8. The molecule has 3 heterocycles. The number of nitrogens with one attached hydrogen (secondary N) is 7. The predicted octanol–water partition coefficient (Wildman–Crippen LogP) is 1.73. The first-order chi connectivity index (χ1) is 23.3. The third-order valence-electron chi connectivity index (χ3n) is 8.82. The van der Waals surface area contributed by atoms with Crippen LogP contribution in [0.15, 0.2) is 73.3 Å². The lowest BCUT2D eigenvalue weighted by atomic mass is 9.95. The lowest BCUT2D eigenvalue weighted by molar-refractivity contribution is -0.132. The van der Waals surface area contributed by atoms with Crippen LogP contribution in [0, 0.1) is 5.41 Å². The summed E-state index contributed by atoms with van der Waals surface area (Å²) in [6.45, 7) is 2.93. The topological polar surface area (TPSA) is 197 Å². The Morgan fingerprint density at radius 1 is 1.08 bits per heavy atom. The largest absolute Gasteiger partial charge is 0.370 e. The number of rotatable bonds is 15. The lowest BCUT2D eigenvalue weighted by Crippen LogP contribution is -2.58.